The van der Waals surface area contributed by atoms with E-state index in [1.165, 1.54) is 13.2 Å². The normalized spacial score (nSPS) is 10.2. The van der Waals surface area contributed by atoms with Crippen molar-refractivity contribution < 1.29 is 9.13 Å². The third-order valence-corrected chi connectivity index (χ3v) is 2.84. The Morgan fingerprint density at radius 2 is 2.22 bits per heavy atom. The molecule has 0 aliphatic rings. The Balaban J connectivity index is 2.13. The molecule has 3 nitrogen and oxygen atoms in total. The maximum Gasteiger partial charge on any atom is 0.146 e. The summed E-state index contributed by atoms with van der Waals surface area (Å²) in [6.45, 7) is 0.422. The molecule has 0 bridgehead atoms. The topological polar surface area (TPSA) is 34.1 Å². The van der Waals surface area contributed by atoms with E-state index >= 15 is 0 Å². The zero-order valence-corrected chi connectivity index (χ0v) is 10.5. The first kappa shape index (κ1) is 12.6. The van der Waals surface area contributed by atoms with Crippen molar-refractivity contribution in [1.29, 1.82) is 0 Å². The molecule has 5 heteroatoms. The molecule has 18 heavy (non-hydrogen) atoms. The number of pyridine rings is 1. The number of hydrogen-bond donors (Lipinski definition) is 1. The molecule has 0 amide bonds. The first-order valence-corrected chi connectivity index (χ1v) is 5.74. The predicted molar refractivity (Wildman–Crippen MR) is 69.5 cm³/mol. The van der Waals surface area contributed by atoms with Crippen LogP contribution in [-0.2, 0) is 6.54 Å². The van der Waals surface area contributed by atoms with Crippen LogP contribution in [-0.4, -0.2) is 12.1 Å². The largest absolute Gasteiger partial charge is 0.497 e. The molecule has 0 aliphatic heterocycles. The third kappa shape index (κ3) is 2.90. The van der Waals surface area contributed by atoms with Crippen molar-refractivity contribution in [3.05, 3.63) is 53.1 Å². The van der Waals surface area contributed by atoms with Crippen molar-refractivity contribution in [3.8, 4) is 5.75 Å². The number of rotatable bonds is 4. The fourth-order valence-corrected chi connectivity index (χ4v) is 1.69. The minimum absolute atomic E-state index is 0.332. The van der Waals surface area contributed by atoms with E-state index in [9.17, 15) is 4.39 Å². The second-order valence-corrected chi connectivity index (χ2v) is 4.07. The number of benzene rings is 1. The maximum absolute atomic E-state index is 13.5. The molecule has 0 atom stereocenters. The van der Waals surface area contributed by atoms with Gasteiger partial charge < -0.3 is 10.1 Å². The van der Waals surface area contributed by atoms with Crippen LogP contribution in [0.25, 0.3) is 0 Å². The van der Waals surface area contributed by atoms with Crippen LogP contribution in [0.5, 0.6) is 5.75 Å². The number of hydrogen-bond acceptors (Lipinski definition) is 3. The SMILES string of the molecule is COc1ccc(F)c(NCc2ccncc2Cl)c1. The summed E-state index contributed by atoms with van der Waals surface area (Å²) >= 11 is 5.97. The molecule has 0 fully saturated rings. The fourth-order valence-electron chi connectivity index (χ4n) is 1.50. The number of ether oxygens (including phenoxy) is 1. The lowest BCUT2D eigenvalue weighted by molar-refractivity contribution is 0.414. The molecule has 2 rings (SSSR count). The molecule has 0 aliphatic carbocycles. The number of anilines is 1. The lowest BCUT2D eigenvalue weighted by Crippen LogP contribution is -2.02. The first-order chi connectivity index (χ1) is 8.70. The van der Waals surface area contributed by atoms with E-state index in [1.807, 2.05) is 0 Å². The monoisotopic (exact) mass is 266 g/mol. The summed E-state index contributed by atoms with van der Waals surface area (Å²) in [6, 6.07) is 6.31. The smallest absolute Gasteiger partial charge is 0.146 e. The highest BCUT2D eigenvalue weighted by Crippen LogP contribution is 2.22. The molecule has 1 N–H and O–H groups in total. The van der Waals surface area contributed by atoms with E-state index in [4.69, 9.17) is 16.3 Å². The number of methoxy groups -OCH3 is 1. The Labute approximate surface area is 110 Å². The van der Waals surface area contributed by atoms with Gasteiger partial charge in [-0.3, -0.25) is 4.98 Å². The van der Waals surface area contributed by atoms with Crippen LogP contribution in [0.4, 0.5) is 10.1 Å². The average Bonchev–Trinajstić information content (AvgIpc) is 2.39. The molecule has 2 aromatic rings. The lowest BCUT2D eigenvalue weighted by atomic mass is 10.2. The van der Waals surface area contributed by atoms with E-state index in [-0.39, 0.29) is 5.82 Å². The predicted octanol–water partition coefficient (Wildman–Crippen LogP) is 3.49. The molecule has 0 radical (unpaired) electrons. The van der Waals surface area contributed by atoms with Crippen molar-refractivity contribution in [2.45, 2.75) is 6.54 Å². The van der Waals surface area contributed by atoms with Gasteiger partial charge in [-0.05, 0) is 23.8 Å². The Morgan fingerprint density at radius 3 is 2.94 bits per heavy atom. The molecular formula is C13H12ClFN2O. The molecule has 0 unspecified atom stereocenters. The Hall–Kier alpha value is -1.81. The van der Waals surface area contributed by atoms with Gasteiger partial charge >= 0.3 is 0 Å². The van der Waals surface area contributed by atoms with Crippen LogP contribution in [0.2, 0.25) is 5.02 Å². The summed E-state index contributed by atoms with van der Waals surface area (Å²) in [5.41, 5.74) is 1.23. The van der Waals surface area contributed by atoms with E-state index in [0.717, 1.165) is 5.56 Å². The lowest BCUT2D eigenvalue weighted by Gasteiger charge is -2.10. The third-order valence-electron chi connectivity index (χ3n) is 2.50. The van der Waals surface area contributed by atoms with Gasteiger partial charge in [0.2, 0.25) is 0 Å². The Bertz CT molecular complexity index is 548. The van der Waals surface area contributed by atoms with Crippen molar-refractivity contribution in [2.24, 2.45) is 0 Å². The number of aromatic nitrogens is 1. The standard InChI is InChI=1S/C13H12ClFN2O/c1-18-10-2-3-12(15)13(6-10)17-7-9-4-5-16-8-11(9)14/h2-6,8,17H,7H2,1H3. The summed E-state index contributed by atoms with van der Waals surface area (Å²) in [4.78, 5) is 3.89. The van der Waals surface area contributed by atoms with Gasteiger partial charge in [0.1, 0.15) is 11.6 Å². The summed E-state index contributed by atoms with van der Waals surface area (Å²) in [5, 5.41) is 3.53. The highest BCUT2D eigenvalue weighted by Gasteiger charge is 2.05. The molecule has 1 aromatic heterocycles. The summed E-state index contributed by atoms with van der Waals surface area (Å²) in [6.07, 6.45) is 3.20. The average molecular weight is 267 g/mol. The van der Waals surface area contributed by atoms with Gasteiger partial charge in [0.25, 0.3) is 0 Å². The Morgan fingerprint density at radius 1 is 1.39 bits per heavy atom. The minimum Gasteiger partial charge on any atom is -0.497 e. The van der Waals surface area contributed by atoms with Crippen molar-refractivity contribution in [2.75, 3.05) is 12.4 Å². The van der Waals surface area contributed by atoms with Gasteiger partial charge in [-0.1, -0.05) is 11.6 Å². The highest BCUT2D eigenvalue weighted by atomic mass is 35.5. The molecule has 1 heterocycles. The summed E-state index contributed by atoms with van der Waals surface area (Å²) < 4.78 is 18.6. The van der Waals surface area contributed by atoms with Crippen molar-refractivity contribution in [1.82, 2.24) is 4.98 Å². The quantitative estimate of drug-likeness (QED) is 0.920. The van der Waals surface area contributed by atoms with Crippen molar-refractivity contribution >= 4 is 17.3 Å². The van der Waals surface area contributed by atoms with Crippen LogP contribution in [0.15, 0.2) is 36.7 Å². The molecule has 0 spiro atoms. The minimum atomic E-state index is -0.332. The van der Waals surface area contributed by atoms with Crippen molar-refractivity contribution in [3.63, 3.8) is 0 Å². The highest BCUT2D eigenvalue weighted by molar-refractivity contribution is 6.31. The zero-order valence-electron chi connectivity index (χ0n) is 9.78. The van der Waals surface area contributed by atoms with E-state index in [2.05, 4.69) is 10.3 Å². The van der Waals surface area contributed by atoms with E-state index < -0.39 is 0 Å². The second-order valence-electron chi connectivity index (χ2n) is 3.67. The zero-order chi connectivity index (χ0) is 13.0. The summed E-state index contributed by atoms with van der Waals surface area (Å²) in [5.74, 6) is 0.265. The number of halogens is 2. The first-order valence-electron chi connectivity index (χ1n) is 5.36. The van der Waals surface area contributed by atoms with Crippen LogP contribution >= 0.6 is 11.6 Å². The van der Waals surface area contributed by atoms with Crippen LogP contribution in [0, 0.1) is 5.82 Å². The van der Waals surface area contributed by atoms with Gasteiger partial charge in [-0.2, -0.15) is 0 Å². The van der Waals surface area contributed by atoms with Gasteiger partial charge in [0.15, 0.2) is 0 Å². The molecule has 1 aromatic carbocycles. The van der Waals surface area contributed by atoms with Crippen LogP contribution < -0.4 is 10.1 Å². The fraction of sp³-hybridized carbons (Fsp3) is 0.154. The van der Waals surface area contributed by atoms with Gasteiger partial charge in [0, 0.05) is 25.0 Å². The van der Waals surface area contributed by atoms with Gasteiger partial charge in [-0.15, -0.1) is 0 Å². The van der Waals surface area contributed by atoms with Crippen LogP contribution in [0.1, 0.15) is 5.56 Å². The molecular weight excluding hydrogens is 255 g/mol. The van der Waals surface area contributed by atoms with Crippen LogP contribution in [0.3, 0.4) is 0 Å². The Kier molecular flexibility index (Phi) is 3.99. The maximum atomic E-state index is 13.5. The molecule has 0 saturated carbocycles. The molecule has 0 saturated heterocycles. The summed E-state index contributed by atoms with van der Waals surface area (Å²) in [7, 11) is 1.54. The number of nitrogens with zero attached hydrogens (tertiary/aromatic N) is 1. The molecule has 94 valence electrons. The van der Waals surface area contributed by atoms with E-state index in [0.29, 0.717) is 23.0 Å². The number of nitrogens with one attached hydrogen (secondary N) is 1. The van der Waals surface area contributed by atoms with E-state index in [1.54, 1.807) is 30.6 Å². The van der Waals surface area contributed by atoms with Gasteiger partial charge in [0.05, 0.1) is 17.8 Å². The van der Waals surface area contributed by atoms with Gasteiger partial charge in [-0.25, -0.2) is 4.39 Å². The second kappa shape index (κ2) is 5.69.